The van der Waals surface area contributed by atoms with Crippen LogP contribution in [0, 0.1) is 39.9 Å². The number of aliphatic hydroxyl groups is 3. The van der Waals surface area contributed by atoms with Crippen molar-refractivity contribution in [3.8, 4) is 0 Å². The third-order valence-electron chi connectivity index (χ3n) is 13.4. The van der Waals surface area contributed by atoms with Gasteiger partial charge in [0.05, 0.1) is 41.4 Å². The number of aliphatic hydroxyl groups excluding tert-OH is 3. The number of rotatable bonds is 2. The first-order valence-electron chi connectivity index (χ1n) is 15.3. The van der Waals surface area contributed by atoms with Crippen LogP contribution in [0.1, 0.15) is 117 Å². The summed E-state index contributed by atoms with van der Waals surface area (Å²) in [4.78, 5) is 0. The summed E-state index contributed by atoms with van der Waals surface area (Å²) >= 11 is 0. The van der Waals surface area contributed by atoms with Crippen molar-refractivity contribution >= 4 is 0 Å². The smallest absolute Gasteiger partial charge is 0.0850 e. The predicted octanol–water partition coefficient (Wildman–Crippen LogP) is 5.28. The van der Waals surface area contributed by atoms with Gasteiger partial charge >= 0.3 is 0 Å². The Kier molecular flexibility index (Phi) is 5.79. The molecule has 0 spiro atoms. The van der Waals surface area contributed by atoms with Gasteiger partial charge in [0.1, 0.15) is 0 Å². The second kappa shape index (κ2) is 8.08. The van der Waals surface area contributed by atoms with Gasteiger partial charge in [-0.25, -0.2) is 0 Å². The van der Waals surface area contributed by atoms with Gasteiger partial charge in [0.2, 0.25) is 0 Å². The van der Waals surface area contributed by atoms with Crippen molar-refractivity contribution in [3.63, 3.8) is 0 Å². The number of aromatic nitrogens is 2. The molecular formula is C32H52N2O4. The second-order valence-electron chi connectivity index (χ2n) is 16.2. The Labute approximate surface area is 229 Å². The number of fused-ring (bicyclic) bond motifs is 6. The van der Waals surface area contributed by atoms with Gasteiger partial charge in [-0.15, -0.1) is 0 Å². The molecule has 4 N–H and O–H groups in total. The summed E-state index contributed by atoms with van der Waals surface area (Å²) in [7, 11) is 0. The van der Waals surface area contributed by atoms with Crippen LogP contribution in [0.3, 0.4) is 0 Å². The van der Waals surface area contributed by atoms with Gasteiger partial charge in [-0.3, -0.25) is 5.10 Å². The highest BCUT2D eigenvalue weighted by molar-refractivity contribution is 5.39. The molecule has 1 aromatic heterocycles. The molecule has 6 nitrogen and oxygen atoms in total. The molecule has 0 unspecified atom stereocenters. The minimum atomic E-state index is -0.439. The molecule has 4 fully saturated rings. The van der Waals surface area contributed by atoms with Crippen molar-refractivity contribution in [3.05, 3.63) is 17.0 Å². The maximum atomic E-state index is 12.1. The van der Waals surface area contributed by atoms with E-state index in [-0.39, 0.29) is 63.3 Å². The van der Waals surface area contributed by atoms with Crippen molar-refractivity contribution in [2.75, 3.05) is 0 Å². The van der Waals surface area contributed by atoms with E-state index < -0.39 is 6.10 Å². The van der Waals surface area contributed by atoms with Crippen LogP contribution in [-0.4, -0.2) is 48.9 Å². The van der Waals surface area contributed by atoms with Gasteiger partial charge < -0.3 is 20.1 Å². The van der Waals surface area contributed by atoms with Crippen molar-refractivity contribution in [2.45, 2.75) is 142 Å². The number of H-pyrrole nitrogens is 1. The van der Waals surface area contributed by atoms with Crippen LogP contribution in [0.2, 0.25) is 0 Å². The van der Waals surface area contributed by atoms with E-state index in [2.05, 4.69) is 65.6 Å². The third-order valence-corrected chi connectivity index (χ3v) is 13.4. The molecule has 5 aliphatic rings. The topological polar surface area (TPSA) is 98.6 Å². The molecule has 6 rings (SSSR count). The van der Waals surface area contributed by atoms with Gasteiger partial charge in [-0.05, 0) is 112 Å². The lowest BCUT2D eigenvalue weighted by Crippen LogP contribution is -2.69. The van der Waals surface area contributed by atoms with E-state index in [1.165, 1.54) is 6.42 Å². The largest absolute Gasteiger partial charge is 0.393 e. The molecular weight excluding hydrogens is 476 g/mol. The number of hydrogen-bond acceptors (Lipinski definition) is 5. The zero-order chi connectivity index (χ0) is 27.7. The number of ether oxygens (including phenoxy) is 1. The third kappa shape index (κ3) is 3.30. The summed E-state index contributed by atoms with van der Waals surface area (Å²) in [6, 6.07) is 0. The van der Waals surface area contributed by atoms with E-state index in [9.17, 15) is 15.3 Å². The van der Waals surface area contributed by atoms with Crippen LogP contribution in [0.15, 0.2) is 0 Å². The first kappa shape index (κ1) is 27.2. The SMILES string of the molecule is CC1(C)CCC[C@](C)([C@H]2CC[C@]3(C)[C@@H]2[C@H](O)C[C@@H]2[C@@]4(C)Cc5c(n[nH]c5CO)C(C)(C)[C@@H]4[C@H](O)C[C@]23C)O1. The lowest BCUT2D eigenvalue weighted by Gasteiger charge is -2.70. The normalized spacial score (nSPS) is 51.0. The van der Waals surface area contributed by atoms with Gasteiger partial charge in [0, 0.05) is 11.3 Å². The lowest BCUT2D eigenvalue weighted by molar-refractivity contribution is -0.259. The summed E-state index contributed by atoms with van der Waals surface area (Å²) in [6.45, 7) is 18.4. The van der Waals surface area contributed by atoms with E-state index in [1.54, 1.807) is 0 Å². The first-order chi connectivity index (χ1) is 17.5. The highest BCUT2D eigenvalue weighted by Gasteiger charge is 2.73. The molecule has 0 radical (unpaired) electrons. The second-order valence-corrected chi connectivity index (χ2v) is 16.2. The van der Waals surface area contributed by atoms with Gasteiger partial charge in [0.25, 0.3) is 0 Å². The first-order valence-corrected chi connectivity index (χ1v) is 15.3. The molecule has 3 saturated carbocycles. The molecule has 38 heavy (non-hydrogen) atoms. The predicted molar refractivity (Wildman–Crippen MR) is 147 cm³/mol. The Morgan fingerprint density at radius 3 is 2.32 bits per heavy atom. The fourth-order valence-electron chi connectivity index (χ4n) is 12.1. The molecule has 0 bridgehead atoms. The standard InChI is InChI=1S/C32H52N2O4/c1-27(2)11-9-12-32(8,38-27)19-10-13-30(6)24(19)21(36)14-23-29(5)15-18-20(17-35)33-34-26(18)28(3,4)25(29)22(37)16-31(23,30)7/h19,21-25,35-37H,9-17H2,1-8H3,(H,33,34)/t19-,21+,22+,23+,24-,25-,29+,30+,31+,32+/m0/s1. The van der Waals surface area contributed by atoms with Crippen LogP contribution >= 0.6 is 0 Å². The average molecular weight is 529 g/mol. The van der Waals surface area contributed by atoms with Crippen LogP contribution in [0.4, 0.5) is 0 Å². The molecule has 10 atom stereocenters. The van der Waals surface area contributed by atoms with Crippen molar-refractivity contribution in [2.24, 2.45) is 39.9 Å². The molecule has 0 aromatic carbocycles. The van der Waals surface area contributed by atoms with Crippen molar-refractivity contribution in [1.29, 1.82) is 0 Å². The van der Waals surface area contributed by atoms with Crippen LogP contribution in [-0.2, 0) is 23.2 Å². The van der Waals surface area contributed by atoms with Gasteiger partial charge in [-0.2, -0.15) is 5.10 Å². The summed E-state index contributed by atoms with van der Waals surface area (Å²) in [6.07, 6.45) is 6.97. The summed E-state index contributed by atoms with van der Waals surface area (Å²) in [5.41, 5.74) is 1.86. The van der Waals surface area contributed by atoms with Crippen LogP contribution < -0.4 is 0 Å². The average Bonchev–Trinajstić information content (AvgIpc) is 3.37. The molecule has 1 aromatic rings. The molecule has 0 amide bonds. The van der Waals surface area contributed by atoms with Crippen molar-refractivity contribution in [1.82, 2.24) is 10.2 Å². The number of hydrogen-bond donors (Lipinski definition) is 4. The van der Waals surface area contributed by atoms with E-state index in [0.29, 0.717) is 5.92 Å². The van der Waals surface area contributed by atoms with E-state index in [4.69, 9.17) is 4.74 Å². The minimum absolute atomic E-state index is 0.0416. The summed E-state index contributed by atoms with van der Waals surface area (Å²) < 4.78 is 6.87. The molecule has 2 heterocycles. The number of aromatic amines is 1. The molecule has 1 aliphatic heterocycles. The molecule has 214 valence electrons. The van der Waals surface area contributed by atoms with E-state index in [1.807, 2.05) is 0 Å². The van der Waals surface area contributed by atoms with Crippen LogP contribution in [0.25, 0.3) is 0 Å². The number of nitrogens with one attached hydrogen (secondary N) is 1. The highest BCUT2D eigenvalue weighted by atomic mass is 16.5. The Morgan fingerprint density at radius 2 is 1.66 bits per heavy atom. The maximum Gasteiger partial charge on any atom is 0.0850 e. The zero-order valence-electron chi connectivity index (χ0n) is 25.0. The van der Waals surface area contributed by atoms with E-state index in [0.717, 1.165) is 61.9 Å². The lowest BCUT2D eigenvalue weighted by atomic mass is 9.34. The Balaban J connectivity index is 1.43. The minimum Gasteiger partial charge on any atom is -0.393 e. The Hall–Kier alpha value is -0.950. The molecule has 4 aliphatic carbocycles. The fourth-order valence-corrected chi connectivity index (χ4v) is 12.1. The van der Waals surface area contributed by atoms with Crippen LogP contribution in [0.5, 0.6) is 0 Å². The quantitative estimate of drug-likeness (QED) is 0.419. The molecule has 6 heteroatoms. The number of nitrogens with zero attached hydrogens (tertiary/aromatic N) is 1. The Bertz CT molecular complexity index is 1110. The Morgan fingerprint density at radius 1 is 0.947 bits per heavy atom. The van der Waals surface area contributed by atoms with Gasteiger partial charge in [0.15, 0.2) is 0 Å². The van der Waals surface area contributed by atoms with Gasteiger partial charge in [-0.1, -0.05) is 34.6 Å². The van der Waals surface area contributed by atoms with E-state index >= 15 is 0 Å². The molecule has 1 saturated heterocycles. The fraction of sp³-hybridized carbons (Fsp3) is 0.906. The maximum absolute atomic E-state index is 12.1. The van der Waals surface area contributed by atoms with Crippen molar-refractivity contribution < 1.29 is 20.1 Å². The highest BCUT2D eigenvalue weighted by Crippen LogP contribution is 2.75. The zero-order valence-corrected chi connectivity index (χ0v) is 25.0. The summed E-state index contributed by atoms with van der Waals surface area (Å²) in [5.74, 6) is 0.805. The monoisotopic (exact) mass is 528 g/mol. The summed E-state index contributed by atoms with van der Waals surface area (Å²) in [5, 5.41) is 42.1.